The lowest BCUT2D eigenvalue weighted by Gasteiger charge is -2.32. The Bertz CT molecular complexity index is 942. The summed E-state index contributed by atoms with van der Waals surface area (Å²) in [6, 6.07) is 2.58. The largest absolute Gasteiger partial charge is 0.507 e. The number of aromatic hydroxyl groups is 2. The highest BCUT2D eigenvalue weighted by molar-refractivity contribution is 6.37. The smallest absolute Gasteiger partial charge is 0.280 e. The zero-order valence-corrected chi connectivity index (χ0v) is 15.0. The average molecular weight is 381 g/mol. The molecule has 4 N–H and O–H groups in total. The first-order chi connectivity index (χ1) is 12.3. The van der Waals surface area contributed by atoms with Crippen molar-refractivity contribution in [1.29, 1.82) is 0 Å². The topological polar surface area (TPSA) is 106 Å². The molecule has 1 saturated heterocycles. The fraction of sp³-hybridized carbons (Fsp3) is 0.500. The summed E-state index contributed by atoms with van der Waals surface area (Å²) in [5.74, 6) is -0.601. The van der Waals surface area contributed by atoms with Crippen molar-refractivity contribution in [3.63, 3.8) is 0 Å². The number of pyridine rings is 1. The van der Waals surface area contributed by atoms with Crippen LogP contribution in [0.25, 0.3) is 10.8 Å². The molecule has 2 aliphatic heterocycles. The number of phenolic OH excluding ortho intramolecular Hbond substituents is 2. The van der Waals surface area contributed by atoms with E-state index in [1.54, 1.807) is 13.0 Å². The molecule has 7 nitrogen and oxygen atoms in total. The van der Waals surface area contributed by atoms with Crippen LogP contribution >= 0.6 is 11.6 Å². The van der Waals surface area contributed by atoms with E-state index in [2.05, 4.69) is 0 Å². The first-order valence-corrected chi connectivity index (χ1v) is 9.11. The standard InChI is InChI=1S/C18H21ClN2O5/c1-8(22)4-13(23)12-3-2-9-5-10-6-11-16(18(26)21(10)20(9)12)14(24)7-15(25)17(11)19/h6-9,12-13,22-25H,2-5H2,1H3/t8-,9-,12+,13-/m1/s1. The number of aromatic nitrogens is 1. The summed E-state index contributed by atoms with van der Waals surface area (Å²) >= 11 is 6.14. The van der Waals surface area contributed by atoms with Crippen LogP contribution in [-0.2, 0) is 6.42 Å². The average Bonchev–Trinajstić information content (AvgIpc) is 3.10. The highest BCUT2D eigenvalue weighted by Gasteiger charge is 2.43. The second-order valence-corrected chi connectivity index (χ2v) is 7.68. The third kappa shape index (κ3) is 2.46. The van der Waals surface area contributed by atoms with E-state index in [1.165, 1.54) is 4.68 Å². The van der Waals surface area contributed by atoms with Gasteiger partial charge in [0.1, 0.15) is 11.5 Å². The Kier molecular flexibility index (Phi) is 4.06. The van der Waals surface area contributed by atoms with E-state index in [0.29, 0.717) is 11.8 Å². The molecule has 0 aliphatic carbocycles. The predicted octanol–water partition coefficient (Wildman–Crippen LogP) is 1.22. The number of hydrogen-bond donors (Lipinski definition) is 4. The number of benzene rings is 1. The van der Waals surface area contributed by atoms with Gasteiger partial charge in [-0.05, 0) is 25.8 Å². The number of nitrogens with zero attached hydrogens (tertiary/aromatic N) is 2. The minimum atomic E-state index is -0.759. The second kappa shape index (κ2) is 6.04. The monoisotopic (exact) mass is 380 g/mol. The Labute approximate surface area is 154 Å². The van der Waals surface area contributed by atoms with Gasteiger partial charge >= 0.3 is 0 Å². The molecular weight excluding hydrogens is 360 g/mol. The van der Waals surface area contributed by atoms with Crippen molar-refractivity contribution in [2.75, 3.05) is 5.01 Å². The Morgan fingerprint density at radius 1 is 1.23 bits per heavy atom. The van der Waals surface area contributed by atoms with E-state index in [1.807, 2.05) is 5.01 Å². The number of halogens is 1. The molecule has 8 heteroatoms. The van der Waals surface area contributed by atoms with Crippen molar-refractivity contribution in [2.24, 2.45) is 0 Å². The Morgan fingerprint density at radius 3 is 2.65 bits per heavy atom. The third-order valence-corrected chi connectivity index (χ3v) is 5.86. The molecule has 4 atom stereocenters. The molecule has 1 aromatic heterocycles. The van der Waals surface area contributed by atoms with Crippen molar-refractivity contribution in [2.45, 2.75) is 56.9 Å². The molecule has 0 amide bonds. The Morgan fingerprint density at radius 2 is 1.96 bits per heavy atom. The van der Waals surface area contributed by atoms with Gasteiger partial charge in [-0.15, -0.1) is 0 Å². The maximum absolute atomic E-state index is 13.1. The summed E-state index contributed by atoms with van der Waals surface area (Å²) in [7, 11) is 0. The molecule has 1 aromatic carbocycles. The van der Waals surface area contributed by atoms with Crippen molar-refractivity contribution in [3.05, 3.63) is 33.2 Å². The summed E-state index contributed by atoms with van der Waals surface area (Å²) in [6.07, 6.45) is 1.01. The molecule has 3 heterocycles. The molecule has 0 bridgehead atoms. The van der Waals surface area contributed by atoms with E-state index < -0.39 is 17.8 Å². The Balaban J connectivity index is 1.87. The fourth-order valence-corrected chi connectivity index (χ4v) is 4.60. The maximum Gasteiger partial charge on any atom is 0.280 e. The molecule has 4 rings (SSSR count). The third-order valence-electron chi connectivity index (χ3n) is 5.46. The van der Waals surface area contributed by atoms with Gasteiger partial charge in [-0.2, -0.15) is 0 Å². The summed E-state index contributed by atoms with van der Waals surface area (Å²) in [6.45, 7) is 1.62. The molecule has 2 aromatic rings. The number of fused-ring (bicyclic) bond motifs is 4. The van der Waals surface area contributed by atoms with Gasteiger partial charge in [0.2, 0.25) is 0 Å². The molecule has 26 heavy (non-hydrogen) atoms. The van der Waals surface area contributed by atoms with Crippen LogP contribution in [0.1, 0.15) is 31.9 Å². The van der Waals surface area contributed by atoms with Crippen LogP contribution in [0.5, 0.6) is 11.5 Å². The Hall–Kier alpha value is -1.96. The number of aliphatic hydroxyl groups is 2. The zero-order chi connectivity index (χ0) is 18.7. The van der Waals surface area contributed by atoms with Crippen LogP contribution in [0.2, 0.25) is 5.02 Å². The van der Waals surface area contributed by atoms with Gasteiger partial charge in [-0.1, -0.05) is 11.6 Å². The minimum Gasteiger partial charge on any atom is -0.507 e. The maximum atomic E-state index is 13.1. The summed E-state index contributed by atoms with van der Waals surface area (Å²) < 4.78 is 1.52. The number of aliphatic hydroxyl groups excluding tert-OH is 2. The van der Waals surface area contributed by atoms with Crippen molar-refractivity contribution < 1.29 is 20.4 Å². The van der Waals surface area contributed by atoms with Crippen LogP contribution < -0.4 is 10.6 Å². The van der Waals surface area contributed by atoms with Gasteiger partial charge in [0.05, 0.1) is 34.7 Å². The van der Waals surface area contributed by atoms with E-state index in [9.17, 15) is 25.2 Å². The van der Waals surface area contributed by atoms with Crippen LogP contribution in [0, 0.1) is 0 Å². The van der Waals surface area contributed by atoms with E-state index in [4.69, 9.17) is 11.6 Å². The number of hydrogen-bond acceptors (Lipinski definition) is 6. The van der Waals surface area contributed by atoms with Crippen molar-refractivity contribution in [3.8, 4) is 11.5 Å². The van der Waals surface area contributed by atoms with E-state index >= 15 is 0 Å². The van der Waals surface area contributed by atoms with Crippen molar-refractivity contribution in [1.82, 2.24) is 4.68 Å². The summed E-state index contributed by atoms with van der Waals surface area (Å²) in [4.78, 5) is 13.1. The second-order valence-electron chi connectivity index (χ2n) is 7.30. The minimum absolute atomic E-state index is 0.0380. The predicted molar refractivity (Wildman–Crippen MR) is 97.6 cm³/mol. The number of rotatable bonds is 3. The van der Waals surface area contributed by atoms with Crippen molar-refractivity contribution >= 4 is 22.4 Å². The SMILES string of the molecule is C[C@@H](O)C[C@@H](O)[C@@H]1CC[C@@H]2Cc3cc4c(Cl)c(O)cc(O)c4c(=O)n3N21. The van der Waals surface area contributed by atoms with Crippen LogP contribution in [-0.4, -0.2) is 49.4 Å². The normalized spacial score (nSPS) is 23.9. The van der Waals surface area contributed by atoms with Gasteiger partial charge in [-0.25, -0.2) is 4.68 Å². The van der Waals surface area contributed by atoms with Gasteiger partial charge < -0.3 is 25.4 Å². The van der Waals surface area contributed by atoms with Crippen LogP contribution in [0.15, 0.2) is 16.9 Å². The lowest BCUT2D eigenvalue weighted by Crippen LogP contribution is -2.51. The first-order valence-electron chi connectivity index (χ1n) is 8.73. The molecule has 140 valence electrons. The molecule has 0 saturated carbocycles. The van der Waals surface area contributed by atoms with E-state index in [-0.39, 0.29) is 40.4 Å². The highest BCUT2D eigenvalue weighted by atomic mass is 35.5. The molecule has 0 radical (unpaired) electrons. The van der Waals surface area contributed by atoms with Gasteiger partial charge in [0, 0.05) is 30.0 Å². The summed E-state index contributed by atoms with van der Waals surface area (Å²) in [5, 5.41) is 42.4. The lowest BCUT2D eigenvalue weighted by atomic mass is 10.0. The molecule has 0 unspecified atom stereocenters. The molecular formula is C18H21ClN2O5. The molecule has 1 fully saturated rings. The zero-order valence-electron chi connectivity index (χ0n) is 14.3. The number of phenols is 2. The fourth-order valence-electron chi connectivity index (χ4n) is 4.40. The molecule has 2 aliphatic rings. The van der Waals surface area contributed by atoms with Gasteiger partial charge in [-0.3, -0.25) is 4.79 Å². The van der Waals surface area contributed by atoms with E-state index in [0.717, 1.165) is 24.6 Å². The van der Waals surface area contributed by atoms with Crippen LogP contribution in [0.4, 0.5) is 0 Å². The highest BCUT2D eigenvalue weighted by Crippen LogP contribution is 2.39. The molecule has 0 spiro atoms. The summed E-state index contributed by atoms with van der Waals surface area (Å²) in [5.41, 5.74) is 0.309. The lowest BCUT2D eigenvalue weighted by molar-refractivity contribution is 0.0697. The van der Waals surface area contributed by atoms with Gasteiger partial charge in [0.25, 0.3) is 5.56 Å². The quantitative estimate of drug-likeness (QED) is 0.638. The van der Waals surface area contributed by atoms with Crippen LogP contribution in [0.3, 0.4) is 0 Å². The first kappa shape index (κ1) is 17.5. The van der Waals surface area contributed by atoms with Gasteiger partial charge in [0.15, 0.2) is 0 Å².